The van der Waals surface area contributed by atoms with Crippen molar-refractivity contribution in [2.24, 2.45) is 17.8 Å². The monoisotopic (exact) mass is 424 g/mol. The lowest BCUT2D eigenvalue weighted by Crippen LogP contribution is -2.66. The molecule has 31 heavy (non-hydrogen) atoms. The Hall–Kier alpha value is -3.09. The van der Waals surface area contributed by atoms with Crippen molar-refractivity contribution in [3.63, 3.8) is 0 Å². The van der Waals surface area contributed by atoms with Crippen LogP contribution in [0.25, 0.3) is 0 Å². The van der Waals surface area contributed by atoms with Crippen LogP contribution in [0.15, 0.2) is 42.5 Å². The summed E-state index contributed by atoms with van der Waals surface area (Å²) >= 11 is 0. The second kappa shape index (κ2) is 7.55. The number of hydrogen-bond donors (Lipinski definition) is 2. The van der Waals surface area contributed by atoms with Crippen LogP contribution in [0.4, 0.5) is 4.39 Å². The van der Waals surface area contributed by atoms with Gasteiger partial charge in [0.05, 0.1) is 12.7 Å². The molecule has 1 heterocycles. The van der Waals surface area contributed by atoms with Crippen LogP contribution < -0.4 is 20.1 Å². The first-order chi connectivity index (χ1) is 15.0. The second-order valence-corrected chi connectivity index (χ2v) is 8.73. The molecule has 1 spiro atoms. The summed E-state index contributed by atoms with van der Waals surface area (Å²) in [4.78, 5) is 25.7. The van der Waals surface area contributed by atoms with Gasteiger partial charge in [-0.25, -0.2) is 4.39 Å². The minimum atomic E-state index is -0.771. The summed E-state index contributed by atoms with van der Waals surface area (Å²) in [5.74, 6) is 0.825. The number of hydrogen-bond acceptors (Lipinski definition) is 4. The number of benzene rings is 2. The minimum Gasteiger partial charge on any atom is -0.497 e. The lowest BCUT2D eigenvalue weighted by atomic mass is 9.60. The molecule has 6 nitrogen and oxygen atoms in total. The molecular formula is C24H25FN2O4. The Kier molecular flexibility index (Phi) is 4.84. The molecule has 4 atom stereocenters. The van der Waals surface area contributed by atoms with Gasteiger partial charge in [0.1, 0.15) is 17.3 Å². The standard InChI is InChI=1S/C24H25FN2O4/c1-30-18-8-9-19-21(11-18)31-24(27-23(19)29)12-15-4-5-16(24)10-20(15)22(28)26-13-14-2-6-17(25)7-3-14/h2-3,6-9,11,15-16,20H,4-5,10,12-13H2,1H3,(H,26,28)(H,27,29)/t15-,16+,20+,24+/m1/s1. The number of amides is 2. The zero-order chi connectivity index (χ0) is 21.6. The molecular weight excluding hydrogens is 399 g/mol. The van der Waals surface area contributed by atoms with Crippen molar-refractivity contribution >= 4 is 11.8 Å². The Balaban J connectivity index is 1.30. The van der Waals surface area contributed by atoms with Gasteiger partial charge < -0.3 is 20.1 Å². The van der Waals surface area contributed by atoms with E-state index in [1.807, 2.05) is 0 Å². The molecule has 3 aliphatic carbocycles. The van der Waals surface area contributed by atoms with Crippen LogP contribution in [-0.4, -0.2) is 24.6 Å². The number of ether oxygens (including phenoxy) is 2. The van der Waals surface area contributed by atoms with E-state index >= 15 is 0 Å². The molecule has 2 N–H and O–H groups in total. The molecule has 0 radical (unpaired) electrons. The van der Waals surface area contributed by atoms with E-state index in [2.05, 4.69) is 10.6 Å². The average Bonchev–Trinajstić information content (AvgIpc) is 2.78. The molecule has 0 saturated heterocycles. The Morgan fingerprint density at radius 3 is 2.77 bits per heavy atom. The largest absolute Gasteiger partial charge is 0.497 e. The lowest BCUT2D eigenvalue weighted by Gasteiger charge is -2.55. The van der Waals surface area contributed by atoms with Gasteiger partial charge in [-0.05, 0) is 55.0 Å². The normalized spacial score (nSPS) is 28.5. The number of rotatable bonds is 4. The SMILES string of the molecule is COc1ccc2c(c1)O[C@]1(C[C@H]3CC[C@H]1C[C@@H]3C(=O)NCc1ccc(F)cc1)NC2=O. The molecule has 162 valence electrons. The number of carbonyl (C=O) groups is 2. The number of methoxy groups -OCH3 is 1. The first-order valence-corrected chi connectivity index (χ1v) is 10.7. The van der Waals surface area contributed by atoms with E-state index in [0.717, 1.165) is 18.4 Å². The highest BCUT2D eigenvalue weighted by atomic mass is 19.1. The summed E-state index contributed by atoms with van der Waals surface area (Å²) in [6, 6.07) is 11.3. The fraction of sp³-hybridized carbons (Fsp3) is 0.417. The fourth-order valence-electron chi connectivity index (χ4n) is 5.36. The van der Waals surface area contributed by atoms with Crippen molar-refractivity contribution in [2.75, 3.05) is 7.11 Å². The van der Waals surface area contributed by atoms with E-state index in [9.17, 15) is 14.0 Å². The third-order valence-corrected chi connectivity index (χ3v) is 6.99. The highest BCUT2D eigenvalue weighted by molar-refractivity contribution is 5.98. The highest BCUT2D eigenvalue weighted by Crippen LogP contribution is 2.52. The summed E-state index contributed by atoms with van der Waals surface area (Å²) in [5, 5.41) is 6.11. The van der Waals surface area contributed by atoms with Crippen molar-refractivity contribution in [1.82, 2.24) is 10.6 Å². The average molecular weight is 424 g/mol. The minimum absolute atomic E-state index is 0.0121. The molecule has 6 rings (SSSR count). The quantitative estimate of drug-likeness (QED) is 0.789. The first kappa shape index (κ1) is 19.8. The van der Waals surface area contributed by atoms with Gasteiger partial charge in [0.25, 0.3) is 5.91 Å². The van der Waals surface area contributed by atoms with Crippen LogP contribution in [0, 0.1) is 23.6 Å². The van der Waals surface area contributed by atoms with Gasteiger partial charge in [-0.1, -0.05) is 12.1 Å². The molecule has 7 heteroatoms. The van der Waals surface area contributed by atoms with E-state index < -0.39 is 5.72 Å². The molecule has 0 unspecified atom stereocenters. The first-order valence-electron chi connectivity index (χ1n) is 10.7. The van der Waals surface area contributed by atoms with E-state index in [1.165, 1.54) is 12.1 Å². The topological polar surface area (TPSA) is 76.7 Å². The zero-order valence-corrected chi connectivity index (χ0v) is 17.3. The summed E-state index contributed by atoms with van der Waals surface area (Å²) in [6.07, 6.45) is 3.12. The smallest absolute Gasteiger partial charge is 0.258 e. The van der Waals surface area contributed by atoms with E-state index in [0.29, 0.717) is 36.4 Å². The highest BCUT2D eigenvalue weighted by Gasteiger charge is 2.57. The van der Waals surface area contributed by atoms with Crippen molar-refractivity contribution in [3.8, 4) is 11.5 Å². The van der Waals surface area contributed by atoms with Gasteiger partial charge in [0, 0.05) is 30.9 Å². The number of carbonyl (C=O) groups excluding carboxylic acids is 2. The molecule has 2 aromatic rings. The molecule has 3 saturated carbocycles. The van der Waals surface area contributed by atoms with Crippen LogP contribution >= 0.6 is 0 Å². The zero-order valence-electron chi connectivity index (χ0n) is 17.3. The van der Waals surface area contributed by atoms with Gasteiger partial charge in [-0.2, -0.15) is 0 Å². The fourth-order valence-corrected chi connectivity index (χ4v) is 5.36. The second-order valence-electron chi connectivity index (χ2n) is 8.73. The predicted molar refractivity (Wildman–Crippen MR) is 111 cm³/mol. The predicted octanol–water partition coefficient (Wildman–Crippen LogP) is 3.41. The van der Waals surface area contributed by atoms with Crippen molar-refractivity contribution < 1.29 is 23.5 Å². The van der Waals surface area contributed by atoms with E-state index in [1.54, 1.807) is 37.4 Å². The maximum atomic E-state index is 13.1. The lowest BCUT2D eigenvalue weighted by molar-refractivity contribution is -0.146. The maximum absolute atomic E-state index is 13.1. The number of nitrogens with one attached hydrogen (secondary N) is 2. The van der Waals surface area contributed by atoms with Crippen LogP contribution in [-0.2, 0) is 11.3 Å². The van der Waals surface area contributed by atoms with E-state index in [4.69, 9.17) is 9.47 Å². The number of fused-ring (bicyclic) bond motifs is 3. The van der Waals surface area contributed by atoms with Gasteiger partial charge in [0.15, 0.2) is 5.72 Å². The number of halogens is 1. The van der Waals surface area contributed by atoms with Gasteiger partial charge >= 0.3 is 0 Å². The van der Waals surface area contributed by atoms with Gasteiger partial charge in [0.2, 0.25) is 5.91 Å². The molecule has 3 fully saturated rings. The van der Waals surface area contributed by atoms with Crippen molar-refractivity contribution in [2.45, 2.75) is 38.0 Å². The maximum Gasteiger partial charge on any atom is 0.258 e. The van der Waals surface area contributed by atoms with Crippen LogP contribution in [0.5, 0.6) is 11.5 Å². The van der Waals surface area contributed by atoms with Crippen LogP contribution in [0.1, 0.15) is 41.6 Å². The molecule has 2 amide bonds. The third kappa shape index (κ3) is 3.52. The Labute approximate surface area is 180 Å². The van der Waals surface area contributed by atoms with Crippen molar-refractivity contribution in [1.29, 1.82) is 0 Å². The molecule has 4 aliphatic rings. The van der Waals surface area contributed by atoms with Crippen LogP contribution in [0.3, 0.4) is 0 Å². The Morgan fingerprint density at radius 1 is 1.26 bits per heavy atom. The van der Waals surface area contributed by atoms with Crippen LogP contribution in [0.2, 0.25) is 0 Å². The molecule has 0 aromatic heterocycles. The molecule has 1 aliphatic heterocycles. The Bertz CT molecular complexity index is 1020. The summed E-state index contributed by atoms with van der Waals surface area (Å²) < 4.78 is 24.8. The van der Waals surface area contributed by atoms with Gasteiger partial charge in [-0.3, -0.25) is 9.59 Å². The Morgan fingerprint density at radius 2 is 2.06 bits per heavy atom. The summed E-state index contributed by atoms with van der Waals surface area (Å²) in [5.41, 5.74) is 0.592. The van der Waals surface area contributed by atoms with E-state index in [-0.39, 0.29) is 35.4 Å². The van der Waals surface area contributed by atoms with Crippen molar-refractivity contribution in [3.05, 3.63) is 59.4 Å². The third-order valence-electron chi connectivity index (χ3n) is 6.99. The molecule has 2 bridgehead atoms. The van der Waals surface area contributed by atoms with Gasteiger partial charge in [-0.15, -0.1) is 0 Å². The molecule has 2 aromatic carbocycles. The summed E-state index contributed by atoms with van der Waals surface area (Å²) in [6.45, 7) is 0.374. The summed E-state index contributed by atoms with van der Waals surface area (Å²) in [7, 11) is 1.58.